The summed E-state index contributed by atoms with van der Waals surface area (Å²) < 4.78 is 4.01. The van der Waals surface area contributed by atoms with Crippen molar-refractivity contribution in [2.45, 2.75) is 47.5 Å². The van der Waals surface area contributed by atoms with Crippen LogP contribution in [0.25, 0.3) is 10.6 Å². The van der Waals surface area contributed by atoms with Gasteiger partial charge >= 0.3 is 49.4 Å². The second-order valence-electron chi connectivity index (χ2n) is 2.92. The van der Waals surface area contributed by atoms with Gasteiger partial charge in [0.05, 0.1) is 0 Å². The summed E-state index contributed by atoms with van der Waals surface area (Å²) in [6.07, 6.45) is 2.54. The molecular weight excluding hydrogens is 370 g/mol. The summed E-state index contributed by atoms with van der Waals surface area (Å²) in [4.78, 5) is 0. The third-order valence-electron chi connectivity index (χ3n) is 1.50. The minimum atomic E-state index is 0.969. The van der Waals surface area contributed by atoms with E-state index in [1.54, 1.807) is 0 Å². The fraction of sp³-hybridized carbons (Fsp3) is 1.00. The van der Waals surface area contributed by atoms with E-state index in [4.69, 9.17) is 0 Å². The summed E-state index contributed by atoms with van der Waals surface area (Å²) in [7, 11) is 0. The van der Waals surface area contributed by atoms with Gasteiger partial charge in [-0.3, -0.25) is 0 Å². The number of hydrogen-bond donors (Lipinski definition) is 0. The zero-order valence-electron chi connectivity index (χ0n) is 11.7. The molecular formula is C12H29N3W-2. The van der Waals surface area contributed by atoms with Crippen molar-refractivity contribution >= 4 is 0 Å². The van der Waals surface area contributed by atoms with Gasteiger partial charge in [-0.05, 0) is 0 Å². The molecule has 0 fully saturated rings. The normalized spacial score (nSPS) is 8.31. The standard InChI is InChI=1S/2C4H10N.C4H9N.W/c2*1-3-5-4-2;1-2-3-4-5;/h2*3-4H2,1-2H3;2-4H2,1H3;/q2*-1;;. The molecule has 0 aliphatic heterocycles. The summed E-state index contributed by atoms with van der Waals surface area (Å²) in [5.74, 6) is 0. The number of rotatable bonds is 7. The molecule has 0 aromatic heterocycles. The molecule has 0 spiro atoms. The Kier molecular flexibility index (Phi) is 40.0. The molecule has 0 saturated carbocycles. The minimum absolute atomic E-state index is 0.969. The summed E-state index contributed by atoms with van der Waals surface area (Å²) >= 11 is 1.36. The van der Waals surface area contributed by atoms with Gasteiger partial charge in [0.15, 0.2) is 0 Å². The van der Waals surface area contributed by atoms with Crippen molar-refractivity contribution in [1.29, 1.82) is 0 Å². The van der Waals surface area contributed by atoms with Crippen molar-refractivity contribution < 1.29 is 19.6 Å². The Hall–Kier alpha value is 0.408. The van der Waals surface area contributed by atoms with E-state index < -0.39 is 0 Å². The molecule has 3 nitrogen and oxygen atoms in total. The molecule has 0 aliphatic rings. The zero-order chi connectivity index (χ0) is 13.1. The predicted molar refractivity (Wildman–Crippen MR) is 71.1 cm³/mol. The Morgan fingerprint density at radius 1 is 0.812 bits per heavy atom. The molecule has 0 rings (SSSR count). The molecule has 0 N–H and O–H groups in total. The maximum Gasteiger partial charge on any atom is -0.0844 e. The molecule has 0 aromatic carbocycles. The van der Waals surface area contributed by atoms with E-state index in [1.807, 2.05) is 27.7 Å². The largest absolute Gasteiger partial charge is 0.663 e. The molecule has 0 unspecified atom stereocenters. The average molecular weight is 399 g/mol. The van der Waals surface area contributed by atoms with Crippen LogP contribution in [0.5, 0.6) is 0 Å². The van der Waals surface area contributed by atoms with Gasteiger partial charge in [-0.15, -0.1) is 0 Å². The summed E-state index contributed by atoms with van der Waals surface area (Å²) in [6, 6.07) is 0. The fourth-order valence-corrected chi connectivity index (χ4v) is 1.13. The van der Waals surface area contributed by atoms with Crippen molar-refractivity contribution in [3.8, 4) is 0 Å². The third kappa shape index (κ3) is 47.2. The first-order chi connectivity index (χ1) is 7.74. The van der Waals surface area contributed by atoms with Crippen LogP contribution in [0, 0.1) is 0 Å². The zero-order valence-corrected chi connectivity index (χ0v) is 14.6. The third-order valence-corrected chi connectivity index (χ3v) is 2.15. The Balaban J connectivity index is -0.000000160. The molecule has 0 heterocycles. The van der Waals surface area contributed by atoms with E-state index in [0.29, 0.717) is 0 Å². The van der Waals surface area contributed by atoms with Crippen molar-refractivity contribution in [3.63, 3.8) is 0 Å². The van der Waals surface area contributed by atoms with E-state index in [9.17, 15) is 0 Å². The Labute approximate surface area is 114 Å². The number of hydrogen-bond acceptors (Lipinski definition) is 1. The smallest absolute Gasteiger partial charge is 0.0844 e. The Morgan fingerprint density at radius 3 is 1.25 bits per heavy atom. The second kappa shape index (κ2) is 29.5. The van der Waals surface area contributed by atoms with Crippen LogP contribution in [-0.4, -0.2) is 32.7 Å². The molecule has 0 aliphatic carbocycles. The topological polar surface area (TPSA) is 40.6 Å². The summed E-state index contributed by atoms with van der Waals surface area (Å²) in [5.41, 5.74) is 0. The van der Waals surface area contributed by atoms with E-state index >= 15 is 0 Å². The number of nitrogens with zero attached hydrogens (tertiary/aromatic N) is 3. The van der Waals surface area contributed by atoms with Gasteiger partial charge in [0.25, 0.3) is 0 Å². The second-order valence-corrected chi connectivity index (χ2v) is 3.85. The van der Waals surface area contributed by atoms with Crippen LogP contribution in [0.3, 0.4) is 0 Å². The van der Waals surface area contributed by atoms with Crippen molar-refractivity contribution in [3.05, 3.63) is 10.6 Å². The first kappa shape index (κ1) is 21.7. The molecule has 100 valence electrons. The van der Waals surface area contributed by atoms with Gasteiger partial charge < -0.3 is 10.6 Å². The molecule has 0 bridgehead atoms. The van der Waals surface area contributed by atoms with Gasteiger partial charge in [0.2, 0.25) is 0 Å². The maximum atomic E-state index is 4.01. The number of unbranched alkanes of at least 4 members (excludes halogenated alkanes) is 1. The molecule has 0 amide bonds. The van der Waals surface area contributed by atoms with Crippen molar-refractivity contribution in [2.75, 3.05) is 32.7 Å². The van der Waals surface area contributed by atoms with Crippen LogP contribution in [0.15, 0.2) is 3.50 Å². The van der Waals surface area contributed by atoms with Crippen LogP contribution >= 0.6 is 0 Å². The molecule has 0 saturated heterocycles. The van der Waals surface area contributed by atoms with Crippen LogP contribution in [0.4, 0.5) is 0 Å². The van der Waals surface area contributed by atoms with Gasteiger partial charge in [-0.25, -0.2) is 0 Å². The summed E-state index contributed by atoms with van der Waals surface area (Å²) in [6.45, 7) is 15.3. The molecule has 4 heteroatoms. The molecule has 0 radical (unpaired) electrons. The van der Waals surface area contributed by atoms with Gasteiger partial charge in [-0.1, -0.05) is 27.7 Å². The van der Waals surface area contributed by atoms with Gasteiger partial charge in [0, 0.05) is 0 Å². The van der Waals surface area contributed by atoms with Crippen molar-refractivity contribution in [2.24, 2.45) is 3.50 Å². The Morgan fingerprint density at radius 2 is 1.19 bits per heavy atom. The molecule has 16 heavy (non-hydrogen) atoms. The van der Waals surface area contributed by atoms with Crippen LogP contribution in [0.2, 0.25) is 0 Å². The maximum absolute atomic E-state index is 4.01. The minimum Gasteiger partial charge on any atom is -0.663 e. The van der Waals surface area contributed by atoms with E-state index in [2.05, 4.69) is 21.1 Å². The van der Waals surface area contributed by atoms with Gasteiger partial charge in [0.1, 0.15) is 0 Å². The average Bonchev–Trinajstić information content (AvgIpc) is 2.30. The quantitative estimate of drug-likeness (QED) is 0.573. The SMILES string of the molecule is CCCC[N]=[W].CC[N-]CC.CC[N-]CC. The first-order valence-electron chi connectivity index (χ1n) is 6.30. The van der Waals surface area contributed by atoms with Gasteiger partial charge in [-0.2, -0.15) is 26.2 Å². The molecule has 0 aromatic rings. The molecule has 0 atom stereocenters. The monoisotopic (exact) mass is 399 g/mol. The van der Waals surface area contributed by atoms with Crippen LogP contribution < -0.4 is 0 Å². The summed E-state index contributed by atoms with van der Waals surface area (Å²) in [5, 5.41) is 7.94. The van der Waals surface area contributed by atoms with E-state index in [-0.39, 0.29) is 0 Å². The first-order valence-corrected chi connectivity index (χ1v) is 7.61. The van der Waals surface area contributed by atoms with Crippen LogP contribution in [-0.2, 0) is 19.6 Å². The van der Waals surface area contributed by atoms with E-state index in [1.165, 1.54) is 32.5 Å². The van der Waals surface area contributed by atoms with Crippen molar-refractivity contribution in [1.82, 2.24) is 0 Å². The van der Waals surface area contributed by atoms with Crippen LogP contribution in [0.1, 0.15) is 47.5 Å². The fourth-order valence-electron chi connectivity index (χ4n) is 0.670. The Bertz CT molecular complexity index is 90.3. The van der Waals surface area contributed by atoms with E-state index in [0.717, 1.165) is 32.7 Å². The predicted octanol–water partition coefficient (Wildman–Crippen LogP) is 4.32.